The van der Waals surface area contributed by atoms with Crippen molar-refractivity contribution in [1.29, 1.82) is 0 Å². The molecule has 6 N–H and O–H groups in total. The molecule has 0 aromatic heterocycles. The van der Waals surface area contributed by atoms with Gasteiger partial charge in [-0.15, -0.1) is 0 Å². The molecule has 12 nitrogen and oxygen atoms in total. The number of nitrogens with two attached hydrogens (primary N) is 2. The maximum Gasteiger partial charge on any atom is 0.338 e. The van der Waals surface area contributed by atoms with Gasteiger partial charge in [-0.3, -0.25) is 29.0 Å². The minimum atomic E-state index is -1.54. The highest BCUT2D eigenvalue weighted by Gasteiger charge is 2.42. The van der Waals surface area contributed by atoms with Crippen molar-refractivity contribution in [2.24, 2.45) is 11.5 Å². The van der Waals surface area contributed by atoms with Crippen molar-refractivity contribution in [2.45, 2.75) is 89.4 Å². The molecule has 1 heterocycles. The number of nitrogens with one attached hydrogen (secondary N) is 1. The number of ether oxygens (including phenoxy) is 1. The zero-order valence-electron chi connectivity index (χ0n) is 30.9. The van der Waals surface area contributed by atoms with Gasteiger partial charge in [0.2, 0.25) is 17.7 Å². The molecule has 4 atom stereocenters. The number of esters is 1. The van der Waals surface area contributed by atoms with Crippen LogP contribution in [0.4, 0.5) is 0 Å². The summed E-state index contributed by atoms with van der Waals surface area (Å²) in [5.41, 5.74) is 13.3. The molecule has 1 aliphatic rings. The van der Waals surface area contributed by atoms with Crippen LogP contribution in [0.3, 0.4) is 0 Å². The van der Waals surface area contributed by atoms with Crippen LogP contribution in [0.5, 0.6) is 0 Å². The number of primary amides is 1. The van der Waals surface area contributed by atoms with Crippen molar-refractivity contribution in [3.05, 3.63) is 119 Å². The van der Waals surface area contributed by atoms with Gasteiger partial charge in [-0.25, -0.2) is 4.79 Å². The lowest BCUT2D eigenvalue weighted by molar-refractivity contribution is -0.140. The summed E-state index contributed by atoms with van der Waals surface area (Å²) in [6, 6.07) is 26.1. The van der Waals surface area contributed by atoms with Crippen LogP contribution in [-0.4, -0.2) is 80.9 Å². The molecule has 4 aromatic rings. The van der Waals surface area contributed by atoms with E-state index in [1.54, 1.807) is 30.3 Å². The highest BCUT2D eigenvalue weighted by molar-refractivity contribution is 6.09. The van der Waals surface area contributed by atoms with Gasteiger partial charge in [0.05, 0.1) is 30.2 Å². The summed E-state index contributed by atoms with van der Waals surface area (Å²) < 4.78 is 5.48. The van der Waals surface area contributed by atoms with Crippen molar-refractivity contribution in [3.8, 4) is 0 Å². The molecule has 0 spiro atoms. The van der Waals surface area contributed by atoms with E-state index in [0.717, 1.165) is 22.4 Å². The normalized spacial score (nSPS) is 16.3. The van der Waals surface area contributed by atoms with Crippen molar-refractivity contribution >= 4 is 40.4 Å². The summed E-state index contributed by atoms with van der Waals surface area (Å²) in [4.78, 5) is 70.3. The Labute approximate surface area is 315 Å². The molecule has 2 unspecified atom stereocenters. The largest absolute Gasteiger partial charge is 0.457 e. The molecule has 4 amide bonds. The van der Waals surface area contributed by atoms with Gasteiger partial charge in [-0.05, 0) is 99.2 Å². The van der Waals surface area contributed by atoms with Gasteiger partial charge in [0.15, 0.2) is 0 Å². The number of fused-ring (bicyclic) bond motifs is 1. The molecule has 54 heavy (non-hydrogen) atoms. The second kappa shape index (κ2) is 17.6. The molecule has 0 saturated carbocycles. The van der Waals surface area contributed by atoms with E-state index in [4.69, 9.17) is 16.2 Å². The molecule has 1 aliphatic heterocycles. The Bertz CT molecular complexity index is 1960. The number of aryl methyl sites for hydroxylation is 1. The zero-order valence-corrected chi connectivity index (χ0v) is 30.9. The van der Waals surface area contributed by atoms with Crippen LogP contribution in [0.15, 0.2) is 97.1 Å². The highest BCUT2D eigenvalue weighted by Crippen LogP contribution is 2.28. The fourth-order valence-electron chi connectivity index (χ4n) is 6.83. The minimum absolute atomic E-state index is 0.0493. The van der Waals surface area contributed by atoms with Crippen LogP contribution in [0.2, 0.25) is 0 Å². The Kier molecular flexibility index (Phi) is 13.0. The van der Waals surface area contributed by atoms with Gasteiger partial charge in [-0.1, -0.05) is 72.8 Å². The minimum Gasteiger partial charge on any atom is -0.457 e. The van der Waals surface area contributed by atoms with Crippen LogP contribution in [0.1, 0.15) is 78.3 Å². The number of imide groups is 1. The van der Waals surface area contributed by atoms with Gasteiger partial charge in [0.1, 0.15) is 12.8 Å². The fraction of sp³-hybridized carbons (Fsp3) is 0.357. The van der Waals surface area contributed by atoms with Crippen LogP contribution < -0.4 is 16.8 Å². The predicted octanol–water partition coefficient (Wildman–Crippen LogP) is 4.07. The summed E-state index contributed by atoms with van der Waals surface area (Å²) in [5.74, 6) is -3.67. The molecule has 284 valence electrons. The van der Waals surface area contributed by atoms with Crippen molar-refractivity contribution in [1.82, 2.24) is 15.1 Å². The number of aliphatic hydroxyl groups excluding tert-OH is 1. The van der Waals surface area contributed by atoms with Crippen LogP contribution in [-0.2, 0) is 32.1 Å². The van der Waals surface area contributed by atoms with Crippen molar-refractivity contribution in [2.75, 3.05) is 6.54 Å². The monoisotopic (exact) mass is 735 g/mol. The number of carbonyl (C=O) groups is 5. The number of hydrogen-bond acceptors (Lipinski definition) is 9. The number of amides is 4. The lowest BCUT2D eigenvalue weighted by atomic mass is 10.0. The fourth-order valence-corrected chi connectivity index (χ4v) is 6.83. The standard InChI is InChI=1S/C42H49N5O7/c1-42(2,3)46-22-10-15-34(46)38(50)45-37(35(48)21-16-27-11-6-4-7-12-27)47(40(52)33(43)25-36(44)49)39(51)31-19-17-30-24-32(20-18-29(30)23-31)41(53)54-26-28-13-8-5-9-14-28/h4-9,11-14,17-20,23-24,33-35,37,48H,10,15-16,21-22,25-26,43H2,1-3H3,(H2,44,49)(H,45,50)/t33-,34-,35?,37?/m0/s1. The summed E-state index contributed by atoms with van der Waals surface area (Å²) in [7, 11) is 0. The third kappa shape index (κ3) is 9.95. The Morgan fingerprint density at radius 3 is 2.09 bits per heavy atom. The Morgan fingerprint density at radius 2 is 1.48 bits per heavy atom. The molecular weight excluding hydrogens is 686 g/mol. The third-order valence-corrected chi connectivity index (χ3v) is 9.65. The van der Waals surface area contributed by atoms with Gasteiger partial charge in [-0.2, -0.15) is 0 Å². The number of hydrogen-bond donors (Lipinski definition) is 4. The first-order valence-corrected chi connectivity index (χ1v) is 18.2. The van der Waals surface area contributed by atoms with Gasteiger partial charge in [0.25, 0.3) is 5.91 Å². The topological polar surface area (TPSA) is 185 Å². The van der Waals surface area contributed by atoms with Crippen molar-refractivity contribution in [3.63, 3.8) is 0 Å². The molecule has 0 aliphatic carbocycles. The van der Waals surface area contributed by atoms with E-state index in [9.17, 15) is 29.1 Å². The molecular formula is C42H49N5O7. The van der Waals surface area contributed by atoms with Crippen LogP contribution >= 0.6 is 0 Å². The smallest absolute Gasteiger partial charge is 0.338 e. The van der Waals surface area contributed by atoms with Crippen LogP contribution in [0.25, 0.3) is 10.8 Å². The first-order chi connectivity index (χ1) is 25.7. The van der Waals surface area contributed by atoms with E-state index >= 15 is 0 Å². The lowest BCUT2D eigenvalue weighted by Crippen LogP contribution is -2.64. The van der Waals surface area contributed by atoms with Crippen molar-refractivity contribution < 1.29 is 33.8 Å². The van der Waals surface area contributed by atoms with E-state index in [-0.39, 0.29) is 24.1 Å². The van der Waals surface area contributed by atoms with Gasteiger partial charge in [0, 0.05) is 11.1 Å². The molecule has 4 aromatic carbocycles. The summed E-state index contributed by atoms with van der Waals surface area (Å²) in [6.45, 7) is 6.80. The number of benzene rings is 4. The maximum absolute atomic E-state index is 14.5. The highest BCUT2D eigenvalue weighted by atomic mass is 16.5. The first kappa shape index (κ1) is 39.8. The maximum atomic E-state index is 14.5. The van der Waals surface area contributed by atoms with E-state index in [0.29, 0.717) is 35.7 Å². The molecule has 1 fully saturated rings. The summed E-state index contributed by atoms with van der Waals surface area (Å²) >= 11 is 0. The Morgan fingerprint density at radius 1 is 0.889 bits per heavy atom. The molecule has 12 heteroatoms. The average molecular weight is 736 g/mol. The quantitative estimate of drug-likeness (QED) is 0.110. The zero-order chi connectivity index (χ0) is 39.0. The van der Waals surface area contributed by atoms with E-state index in [2.05, 4.69) is 10.2 Å². The van der Waals surface area contributed by atoms with Gasteiger partial charge >= 0.3 is 5.97 Å². The Balaban J connectivity index is 1.48. The molecule has 0 bridgehead atoms. The lowest BCUT2D eigenvalue weighted by Gasteiger charge is -2.39. The Hall–Kier alpha value is -5.43. The number of rotatable bonds is 14. The predicted molar refractivity (Wildman–Crippen MR) is 205 cm³/mol. The third-order valence-electron chi connectivity index (χ3n) is 9.65. The molecule has 5 rings (SSSR count). The van der Waals surface area contributed by atoms with E-state index in [1.165, 1.54) is 6.07 Å². The first-order valence-electron chi connectivity index (χ1n) is 18.2. The molecule has 0 radical (unpaired) electrons. The molecule has 1 saturated heterocycles. The number of nitrogens with zero attached hydrogens (tertiary/aromatic N) is 2. The second-order valence-electron chi connectivity index (χ2n) is 14.7. The SMILES string of the molecule is CC(C)(C)N1CCC[C@H]1C(=O)NC(C(O)CCc1ccccc1)N(C(=O)c1ccc2cc(C(=O)OCc3ccccc3)ccc2c1)C(=O)[C@@H](N)CC(N)=O. The summed E-state index contributed by atoms with van der Waals surface area (Å²) in [5, 5.41) is 15.8. The number of carbonyl (C=O) groups excluding carboxylic acids is 5. The second-order valence-corrected chi connectivity index (χ2v) is 14.7. The van der Waals surface area contributed by atoms with E-state index in [1.807, 2.05) is 81.4 Å². The van der Waals surface area contributed by atoms with Gasteiger partial charge < -0.3 is 26.6 Å². The average Bonchev–Trinajstić information content (AvgIpc) is 3.67. The summed E-state index contributed by atoms with van der Waals surface area (Å²) in [6.07, 6.45) is -1.76. The van der Waals surface area contributed by atoms with E-state index < -0.39 is 60.4 Å². The number of aliphatic hydroxyl groups is 1. The number of likely N-dealkylation sites (tertiary alicyclic amines) is 1. The van der Waals surface area contributed by atoms with Crippen LogP contribution in [0, 0.1) is 0 Å².